The summed E-state index contributed by atoms with van der Waals surface area (Å²) in [6, 6.07) is 8.50. The fourth-order valence-electron chi connectivity index (χ4n) is 4.28. The molecular formula is C30H39ClN4O5. The molecule has 4 N–H and O–H groups in total. The third-order valence-corrected chi connectivity index (χ3v) is 6.18. The van der Waals surface area contributed by atoms with Crippen LogP contribution in [-0.2, 0) is 19.1 Å². The van der Waals surface area contributed by atoms with Crippen molar-refractivity contribution in [2.45, 2.75) is 72.1 Å². The maximum absolute atomic E-state index is 14.1. The molecule has 2 rings (SSSR count). The Kier molecular flexibility index (Phi) is 11.3. The molecule has 0 heterocycles. The molecular weight excluding hydrogens is 532 g/mol. The van der Waals surface area contributed by atoms with Crippen molar-refractivity contribution in [1.82, 2.24) is 10.2 Å². The smallest absolute Gasteiger partial charge is 0.408 e. The van der Waals surface area contributed by atoms with E-state index in [1.807, 2.05) is 45.0 Å². The van der Waals surface area contributed by atoms with Crippen LogP contribution in [0.1, 0.15) is 61.9 Å². The molecule has 216 valence electrons. The minimum Gasteiger partial charge on any atom is -0.444 e. The van der Waals surface area contributed by atoms with Crippen molar-refractivity contribution in [1.29, 1.82) is 0 Å². The van der Waals surface area contributed by atoms with Gasteiger partial charge in [0.15, 0.2) is 0 Å². The molecule has 40 heavy (non-hydrogen) atoms. The molecule has 0 spiro atoms. The first-order valence-corrected chi connectivity index (χ1v) is 13.3. The van der Waals surface area contributed by atoms with Crippen molar-refractivity contribution in [3.63, 3.8) is 0 Å². The lowest BCUT2D eigenvalue weighted by Crippen LogP contribution is -2.52. The molecule has 2 aromatic rings. The van der Waals surface area contributed by atoms with Gasteiger partial charge in [0.05, 0.1) is 10.7 Å². The highest BCUT2D eigenvalue weighted by atomic mass is 35.5. The first-order valence-electron chi connectivity index (χ1n) is 13.0. The number of carbonyl (C=O) groups is 4. The summed E-state index contributed by atoms with van der Waals surface area (Å²) in [4.78, 5) is 53.6. The van der Waals surface area contributed by atoms with Crippen molar-refractivity contribution >= 4 is 41.1 Å². The number of nitrogens with one attached hydrogen (secondary N) is 2. The second kappa shape index (κ2) is 14.0. The van der Waals surface area contributed by atoms with E-state index in [-0.39, 0.29) is 19.4 Å². The summed E-state index contributed by atoms with van der Waals surface area (Å²) < 4.78 is 5.34. The molecule has 0 saturated carbocycles. The first kappa shape index (κ1) is 32.4. The van der Waals surface area contributed by atoms with Gasteiger partial charge in [0.25, 0.3) is 5.91 Å². The summed E-state index contributed by atoms with van der Waals surface area (Å²) in [6.07, 6.45) is 0.382. The molecule has 10 heteroatoms. The van der Waals surface area contributed by atoms with Crippen LogP contribution >= 0.6 is 11.6 Å². The van der Waals surface area contributed by atoms with Gasteiger partial charge in [0.1, 0.15) is 17.7 Å². The number of hydrogen-bond donors (Lipinski definition) is 3. The third kappa shape index (κ3) is 9.41. The quantitative estimate of drug-likeness (QED) is 0.323. The fourth-order valence-corrected chi connectivity index (χ4v) is 4.55. The van der Waals surface area contributed by atoms with Gasteiger partial charge in [-0.2, -0.15) is 0 Å². The Morgan fingerprint density at radius 1 is 1.10 bits per heavy atom. The van der Waals surface area contributed by atoms with Crippen LogP contribution in [-0.4, -0.2) is 46.9 Å². The fraction of sp³-hybridized carbons (Fsp3) is 0.400. The third-order valence-electron chi connectivity index (χ3n) is 5.87. The number of nitrogens with two attached hydrogens (primary N) is 1. The Labute approximate surface area is 241 Å². The number of benzene rings is 2. The van der Waals surface area contributed by atoms with Crippen LogP contribution in [0.3, 0.4) is 0 Å². The topological polar surface area (TPSA) is 131 Å². The average Bonchev–Trinajstić information content (AvgIpc) is 2.81. The number of para-hydroxylation sites is 1. The number of carbonyl (C=O) groups excluding carboxylic acids is 4. The van der Waals surface area contributed by atoms with E-state index in [9.17, 15) is 19.2 Å². The molecule has 9 nitrogen and oxygen atoms in total. The zero-order valence-corrected chi connectivity index (χ0v) is 24.7. The number of rotatable bonds is 11. The van der Waals surface area contributed by atoms with E-state index in [1.54, 1.807) is 32.9 Å². The van der Waals surface area contributed by atoms with Gasteiger partial charge in [-0.3, -0.25) is 14.4 Å². The zero-order chi connectivity index (χ0) is 30.2. The lowest BCUT2D eigenvalue weighted by molar-refractivity contribution is -0.140. The van der Waals surface area contributed by atoms with Gasteiger partial charge in [0, 0.05) is 13.0 Å². The van der Waals surface area contributed by atoms with Gasteiger partial charge in [-0.1, -0.05) is 59.1 Å². The number of halogens is 1. The molecule has 2 unspecified atom stereocenters. The van der Waals surface area contributed by atoms with Crippen molar-refractivity contribution in [3.05, 3.63) is 76.3 Å². The highest BCUT2D eigenvalue weighted by molar-refractivity contribution is 6.34. The summed E-state index contributed by atoms with van der Waals surface area (Å²) >= 11 is 6.39. The molecule has 4 amide bonds. The molecule has 0 saturated heterocycles. The van der Waals surface area contributed by atoms with E-state index < -0.39 is 41.5 Å². The number of amides is 4. The zero-order valence-electron chi connectivity index (χ0n) is 24.0. The van der Waals surface area contributed by atoms with E-state index in [0.717, 1.165) is 16.7 Å². The molecule has 2 aromatic carbocycles. The Hall–Kier alpha value is -3.85. The minimum atomic E-state index is -1.20. The summed E-state index contributed by atoms with van der Waals surface area (Å²) in [7, 11) is 0. The van der Waals surface area contributed by atoms with Crippen molar-refractivity contribution in [2.75, 3.05) is 11.9 Å². The molecule has 0 radical (unpaired) electrons. The molecule has 0 bridgehead atoms. The van der Waals surface area contributed by atoms with E-state index in [2.05, 4.69) is 17.2 Å². The number of alkyl carbamates (subject to hydrolysis) is 1. The van der Waals surface area contributed by atoms with E-state index in [1.165, 1.54) is 11.0 Å². The van der Waals surface area contributed by atoms with Gasteiger partial charge >= 0.3 is 6.09 Å². The van der Waals surface area contributed by atoms with Crippen LogP contribution < -0.4 is 16.4 Å². The largest absolute Gasteiger partial charge is 0.444 e. The van der Waals surface area contributed by atoms with Gasteiger partial charge in [-0.25, -0.2) is 4.79 Å². The first-order chi connectivity index (χ1) is 18.6. The van der Waals surface area contributed by atoms with Crippen molar-refractivity contribution < 1.29 is 23.9 Å². The monoisotopic (exact) mass is 570 g/mol. The summed E-state index contributed by atoms with van der Waals surface area (Å²) in [5.74, 6) is -1.76. The summed E-state index contributed by atoms with van der Waals surface area (Å²) in [6.45, 7) is 14.4. The molecule has 0 aromatic heterocycles. The van der Waals surface area contributed by atoms with Gasteiger partial charge in [-0.15, -0.1) is 6.58 Å². The Morgan fingerprint density at radius 3 is 2.25 bits per heavy atom. The lowest BCUT2D eigenvalue weighted by atomic mass is 9.97. The number of hydrogen-bond acceptors (Lipinski definition) is 5. The standard InChI is InChI=1S/C30H39ClN4O5/c1-8-14-35(28(38)23(12-13-24(32)36)33-29(39)40-30(5,6)7)26(21-16-18(2)15-19(3)17-21)27(37)34-25-20(4)10-9-11-22(25)31/h8-11,15-17,23,26H,1,12-14H2,2-7H3,(H2,32,36)(H,33,39)(H,34,37). The van der Waals surface area contributed by atoms with Gasteiger partial charge < -0.3 is 26.0 Å². The van der Waals surface area contributed by atoms with Gasteiger partial charge in [0.2, 0.25) is 11.8 Å². The summed E-state index contributed by atoms with van der Waals surface area (Å²) in [5.41, 5.74) is 8.04. The number of aryl methyl sites for hydroxylation is 3. The van der Waals surface area contributed by atoms with Crippen LogP contribution in [0.25, 0.3) is 0 Å². The Morgan fingerprint density at radius 2 is 1.73 bits per heavy atom. The van der Waals surface area contributed by atoms with Gasteiger partial charge in [-0.05, 0) is 65.2 Å². The number of primary amides is 1. The SMILES string of the molecule is C=CCN(C(=O)C(CCC(N)=O)NC(=O)OC(C)(C)C)C(C(=O)Nc1c(C)cccc1Cl)c1cc(C)cc(C)c1. The van der Waals surface area contributed by atoms with E-state index in [0.29, 0.717) is 16.3 Å². The molecule has 0 aliphatic heterocycles. The Bertz CT molecular complexity index is 1230. The van der Waals surface area contributed by atoms with Crippen molar-refractivity contribution in [2.24, 2.45) is 5.73 Å². The second-order valence-corrected chi connectivity index (χ2v) is 11.1. The Balaban J connectivity index is 2.60. The number of nitrogens with zero attached hydrogens (tertiary/aromatic N) is 1. The maximum atomic E-state index is 14.1. The molecule has 0 aliphatic rings. The highest BCUT2D eigenvalue weighted by Crippen LogP contribution is 2.30. The molecule has 0 fully saturated rings. The van der Waals surface area contributed by atoms with E-state index in [4.69, 9.17) is 22.1 Å². The lowest BCUT2D eigenvalue weighted by Gasteiger charge is -2.34. The van der Waals surface area contributed by atoms with Crippen LogP contribution in [0.15, 0.2) is 49.1 Å². The summed E-state index contributed by atoms with van der Waals surface area (Å²) in [5, 5.41) is 5.79. The second-order valence-electron chi connectivity index (χ2n) is 10.7. The molecule has 2 atom stereocenters. The van der Waals surface area contributed by atoms with Crippen LogP contribution in [0.2, 0.25) is 5.02 Å². The normalized spacial score (nSPS) is 12.6. The van der Waals surface area contributed by atoms with Crippen LogP contribution in [0, 0.1) is 20.8 Å². The van der Waals surface area contributed by atoms with E-state index >= 15 is 0 Å². The molecule has 0 aliphatic carbocycles. The average molecular weight is 571 g/mol. The van der Waals surface area contributed by atoms with Crippen LogP contribution in [0.4, 0.5) is 10.5 Å². The van der Waals surface area contributed by atoms with Crippen molar-refractivity contribution in [3.8, 4) is 0 Å². The number of anilines is 1. The number of ether oxygens (including phenoxy) is 1. The van der Waals surface area contributed by atoms with Crippen LogP contribution in [0.5, 0.6) is 0 Å². The predicted molar refractivity (Wildman–Crippen MR) is 157 cm³/mol. The maximum Gasteiger partial charge on any atom is 0.408 e. The highest BCUT2D eigenvalue weighted by Gasteiger charge is 2.36. The minimum absolute atomic E-state index is 0.0333. The predicted octanol–water partition coefficient (Wildman–Crippen LogP) is 5.12.